The van der Waals surface area contributed by atoms with Gasteiger partial charge in [0.25, 0.3) is 0 Å². The highest BCUT2D eigenvalue weighted by Crippen LogP contribution is 2.40. The first-order chi connectivity index (χ1) is 13.9. The molecule has 0 bridgehead atoms. The Balaban J connectivity index is 3.16. The Morgan fingerprint density at radius 3 is 2.42 bits per heavy atom. The standard InChI is InChI=1S/C16H25NO2/c1-17(2)12-15(13-6-8-14(18)9-7-13)16(19)10-4-3-5-11-16/h6-9,15,18-19H,3-5,10-12H2,1-2H3/i3D2,4D2,5D2,10D2,11D2,12D2,15D. The molecule has 0 radical (unpaired) electrons. The lowest BCUT2D eigenvalue weighted by Gasteiger charge is -2.40. The summed E-state index contributed by atoms with van der Waals surface area (Å²) in [5.74, 6) is -3.84. The first-order valence-corrected chi connectivity index (χ1v) is 5.64. The van der Waals surface area contributed by atoms with Gasteiger partial charge in [-0.15, -0.1) is 0 Å². The highest BCUT2D eigenvalue weighted by atomic mass is 16.3. The van der Waals surface area contributed by atoms with Crippen LogP contribution in [0.5, 0.6) is 5.75 Å². The Bertz CT molecular complexity index is 854. The molecule has 1 aromatic rings. The highest BCUT2D eigenvalue weighted by Gasteiger charge is 2.38. The van der Waals surface area contributed by atoms with Gasteiger partial charge in [-0.3, -0.25) is 0 Å². The number of likely N-dealkylation sites (N-methyl/N-ethyl adjacent to an activating group) is 1. The maximum absolute atomic E-state index is 11.7. The number of phenolic OH excluding ortho intramolecular Hbond substituents is 1. The highest BCUT2D eigenvalue weighted by molar-refractivity contribution is 5.30. The van der Waals surface area contributed by atoms with Crippen LogP contribution in [-0.2, 0) is 0 Å². The van der Waals surface area contributed by atoms with E-state index in [1.54, 1.807) is 0 Å². The van der Waals surface area contributed by atoms with Crippen molar-refractivity contribution in [1.29, 1.82) is 0 Å². The molecule has 2 rings (SSSR count). The second kappa shape index (κ2) is 5.93. The van der Waals surface area contributed by atoms with Crippen molar-refractivity contribution in [2.75, 3.05) is 20.6 Å². The van der Waals surface area contributed by atoms with E-state index in [-0.39, 0.29) is 5.75 Å². The Morgan fingerprint density at radius 1 is 1.32 bits per heavy atom. The normalized spacial score (nSPS) is 46.2. The third-order valence-corrected chi connectivity index (χ3v) is 2.46. The molecule has 2 N–H and O–H groups in total. The number of rotatable bonds is 4. The first-order valence-electron chi connectivity index (χ1n) is 12.1. The van der Waals surface area contributed by atoms with Crippen LogP contribution in [0.1, 0.15) is 61.1 Å². The maximum Gasteiger partial charge on any atom is 0.115 e. The molecule has 3 nitrogen and oxygen atoms in total. The summed E-state index contributed by atoms with van der Waals surface area (Å²) in [6, 6.07) is 3.73. The van der Waals surface area contributed by atoms with Crippen LogP contribution in [0, 0.1) is 0 Å². The number of aliphatic hydroxyl groups is 1. The molecule has 1 saturated carbocycles. The van der Waals surface area contributed by atoms with Crippen molar-refractivity contribution in [3.8, 4) is 5.75 Å². The molecule has 0 spiro atoms. The maximum atomic E-state index is 11.7. The summed E-state index contributed by atoms with van der Waals surface area (Å²) in [4.78, 5) is 0.714. The lowest BCUT2D eigenvalue weighted by Crippen LogP contribution is -2.42. The average Bonchev–Trinajstić information content (AvgIpc) is 2.65. The molecule has 1 unspecified atom stereocenters. The van der Waals surface area contributed by atoms with Crippen LogP contribution in [0.3, 0.4) is 0 Å². The van der Waals surface area contributed by atoms with Crippen molar-refractivity contribution in [3.05, 3.63) is 29.8 Å². The molecular formula is C16H25NO2. The molecule has 106 valence electrons. The van der Waals surface area contributed by atoms with Crippen molar-refractivity contribution in [2.45, 2.75) is 43.4 Å². The van der Waals surface area contributed by atoms with Gasteiger partial charge < -0.3 is 15.1 Å². The first kappa shape index (κ1) is 5.05. The van der Waals surface area contributed by atoms with E-state index in [4.69, 9.17) is 17.8 Å². The molecule has 1 fully saturated rings. The monoisotopic (exact) mass is 276 g/mol. The molecular weight excluding hydrogens is 238 g/mol. The predicted octanol–water partition coefficient (Wildman–Crippen LogP) is 2.73. The third-order valence-electron chi connectivity index (χ3n) is 2.46. The van der Waals surface area contributed by atoms with Gasteiger partial charge >= 0.3 is 0 Å². The van der Waals surface area contributed by atoms with E-state index in [0.29, 0.717) is 4.90 Å². The van der Waals surface area contributed by atoms with Gasteiger partial charge in [0.1, 0.15) is 5.75 Å². The van der Waals surface area contributed by atoms with Crippen molar-refractivity contribution < 1.29 is 28.0 Å². The average molecular weight is 276 g/mol. The topological polar surface area (TPSA) is 43.7 Å². The molecule has 1 aliphatic carbocycles. The summed E-state index contributed by atoms with van der Waals surface area (Å²) in [6.07, 6.45) is -19.8. The minimum absolute atomic E-state index is 0.356. The molecule has 0 heterocycles. The van der Waals surface area contributed by atoms with E-state index in [0.717, 1.165) is 38.4 Å². The number of hydrogen-bond donors (Lipinski definition) is 2. The zero-order valence-corrected chi connectivity index (χ0v) is 10.7. The molecule has 19 heavy (non-hydrogen) atoms. The quantitative estimate of drug-likeness (QED) is 0.888. The van der Waals surface area contributed by atoms with E-state index in [1.165, 1.54) is 0 Å². The smallest absolute Gasteiger partial charge is 0.115 e. The van der Waals surface area contributed by atoms with E-state index < -0.39 is 55.4 Å². The molecule has 1 aliphatic rings. The molecule has 1 atom stereocenters. The van der Waals surface area contributed by atoms with Crippen LogP contribution in [-0.4, -0.2) is 41.3 Å². The van der Waals surface area contributed by atoms with E-state index >= 15 is 0 Å². The van der Waals surface area contributed by atoms with Crippen molar-refractivity contribution in [3.63, 3.8) is 0 Å². The van der Waals surface area contributed by atoms with Crippen LogP contribution in [0.2, 0.25) is 0 Å². The van der Waals surface area contributed by atoms with Crippen LogP contribution in [0.4, 0.5) is 0 Å². The summed E-state index contributed by atoms with van der Waals surface area (Å²) < 4.78 is 108. The fourth-order valence-corrected chi connectivity index (χ4v) is 1.64. The van der Waals surface area contributed by atoms with E-state index in [9.17, 15) is 10.2 Å². The fourth-order valence-electron chi connectivity index (χ4n) is 1.64. The zero-order chi connectivity index (χ0) is 25.6. The zero-order valence-electron chi connectivity index (χ0n) is 23.7. The minimum Gasteiger partial charge on any atom is -0.508 e. The summed E-state index contributed by atoms with van der Waals surface area (Å²) >= 11 is 0. The van der Waals surface area contributed by atoms with E-state index in [2.05, 4.69) is 0 Å². The largest absolute Gasteiger partial charge is 0.508 e. The number of hydrogen-bond acceptors (Lipinski definition) is 3. The van der Waals surface area contributed by atoms with Gasteiger partial charge in [-0.25, -0.2) is 0 Å². The Morgan fingerprint density at radius 2 is 1.89 bits per heavy atom. The van der Waals surface area contributed by atoms with Gasteiger partial charge in [0.15, 0.2) is 0 Å². The third kappa shape index (κ3) is 3.48. The van der Waals surface area contributed by atoms with Gasteiger partial charge in [0, 0.05) is 30.2 Å². The molecule has 3 heteroatoms. The van der Waals surface area contributed by atoms with Gasteiger partial charge in [-0.05, 0) is 44.5 Å². The van der Waals surface area contributed by atoms with Gasteiger partial charge in [0.05, 0.1) is 5.60 Å². The number of phenols is 1. The Labute approximate surface area is 134 Å². The molecule has 0 amide bonds. The fraction of sp³-hybridized carbons (Fsp3) is 0.625. The lowest BCUT2D eigenvalue weighted by atomic mass is 9.72. The second-order valence-electron chi connectivity index (χ2n) is 4.26. The van der Waals surface area contributed by atoms with Gasteiger partial charge in [-0.1, -0.05) is 31.3 Å². The summed E-state index contributed by atoms with van der Waals surface area (Å²) in [7, 11) is 2.20. The lowest BCUT2D eigenvalue weighted by molar-refractivity contribution is -0.0277. The van der Waals surface area contributed by atoms with E-state index in [1.807, 2.05) is 0 Å². The van der Waals surface area contributed by atoms with Crippen molar-refractivity contribution in [2.24, 2.45) is 0 Å². The van der Waals surface area contributed by atoms with Crippen LogP contribution >= 0.6 is 0 Å². The second-order valence-corrected chi connectivity index (χ2v) is 4.26. The van der Waals surface area contributed by atoms with Crippen molar-refractivity contribution in [1.82, 2.24) is 4.90 Å². The number of benzene rings is 1. The number of aromatic hydroxyl groups is 1. The number of nitrogens with zero attached hydrogens (tertiary/aromatic N) is 1. The SMILES string of the molecule is [2H]C([2H])(N(C)C)C([2H])(c1ccc(O)cc1)C1(O)C([2H])([2H])C([2H])([2H])C([2H])([2H])C([2H])([2H])C1([2H])[2H]. The van der Waals surface area contributed by atoms with Gasteiger partial charge in [0.2, 0.25) is 0 Å². The Hall–Kier alpha value is -1.06. The predicted molar refractivity (Wildman–Crippen MR) is 77.4 cm³/mol. The van der Waals surface area contributed by atoms with Gasteiger partial charge in [-0.2, -0.15) is 0 Å². The molecule has 0 aromatic heterocycles. The van der Waals surface area contributed by atoms with Crippen LogP contribution in [0.15, 0.2) is 24.3 Å². The summed E-state index contributed by atoms with van der Waals surface area (Å²) in [6.45, 7) is -3.17. The van der Waals surface area contributed by atoms with Crippen LogP contribution in [0.25, 0.3) is 0 Å². The Kier molecular flexibility index (Phi) is 1.58. The van der Waals surface area contributed by atoms with Crippen molar-refractivity contribution >= 4 is 0 Å². The molecule has 0 saturated heterocycles. The molecule has 0 aliphatic heterocycles. The summed E-state index contributed by atoms with van der Waals surface area (Å²) in [5.41, 5.74) is -4.74. The summed E-state index contributed by atoms with van der Waals surface area (Å²) in [5, 5.41) is 21.3. The minimum atomic E-state index is -4.14. The molecule has 1 aromatic carbocycles. The van der Waals surface area contributed by atoms with Crippen LogP contribution < -0.4 is 0 Å².